The molecule has 6 heteroatoms. The Morgan fingerprint density at radius 1 is 1.12 bits per heavy atom. The maximum atomic E-state index is 5.43. The molecular formula is C19H28N4OS. The van der Waals surface area contributed by atoms with Crippen molar-refractivity contribution < 1.29 is 4.52 Å². The minimum atomic E-state index is 0.648. The number of hydrogen-bond donors (Lipinski definition) is 2. The molecule has 2 rings (SSSR count). The number of guanidine groups is 1. The molecule has 0 saturated carbocycles. The average molecular weight is 361 g/mol. The smallest absolute Gasteiger partial charge is 0.191 e. The Labute approximate surface area is 154 Å². The van der Waals surface area contributed by atoms with Crippen LogP contribution in [0.2, 0.25) is 0 Å². The average Bonchev–Trinajstić information content (AvgIpc) is 3.06. The SMILES string of the molecule is CCNC(=NCc1ccc(SC)cc1)NCc1c(CC)noc1CC. The van der Waals surface area contributed by atoms with E-state index >= 15 is 0 Å². The molecule has 1 heterocycles. The lowest BCUT2D eigenvalue weighted by atomic mass is 10.1. The molecule has 0 aliphatic heterocycles. The number of hydrogen-bond acceptors (Lipinski definition) is 4. The Kier molecular flexibility index (Phi) is 7.85. The van der Waals surface area contributed by atoms with Crippen LogP contribution in [0.4, 0.5) is 0 Å². The minimum absolute atomic E-state index is 0.648. The molecule has 2 N–H and O–H groups in total. The van der Waals surface area contributed by atoms with E-state index in [0.717, 1.165) is 42.4 Å². The summed E-state index contributed by atoms with van der Waals surface area (Å²) in [6.45, 7) is 8.39. The summed E-state index contributed by atoms with van der Waals surface area (Å²) >= 11 is 1.75. The van der Waals surface area contributed by atoms with Gasteiger partial charge in [0.25, 0.3) is 0 Å². The summed E-state index contributed by atoms with van der Waals surface area (Å²) < 4.78 is 5.43. The number of aromatic nitrogens is 1. The summed E-state index contributed by atoms with van der Waals surface area (Å²) in [7, 11) is 0. The highest BCUT2D eigenvalue weighted by atomic mass is 32.2. The first-order valence-corrected chi connectivity index (χ1v) is 10.1. The van der Waals surface area contributed by atoms with Gasteiger partial charge < -0.3 is 15.2 Å². The zero-order valence-electron chi connectivity index (χ0n) is 15.6. The molecule has 5 nitrogen and oxygen atoms in total. The molecule has 0 aliphatic rings. The van der Waals surface area contributed by atoms with Gasteiger partial charge in [-0.05, 0) is 37.3 Å². The molecule has 0 bridgehead atoms. The molecule has 0 saturated heterocycles. The third-order valence-corrected chi connectivity index (χ3v) is 4.71. The highest BCUT2D eigenvalue weighted by molar-refractivity contribution is 7.98. The number of benzene rings is 1. The topological polar surface area (TPSA) is 62.5 Å². The number of nitrogens with one attached hydrogen (secondary N) is 2. The van der Waals surface area contributed by atoms with Crippen LogP contribution in [0.15, 0.2) is 38.7 Å². The first-order chi connectivity index (χ1) is 12.2. The van der Waals surface area contributed by atoms with E-state index in [-0.39, 0.29) is 0 Å². The summed E-state index contributed by atoms with van der Waals surface area (Å²) in [5.74, 6) is 1.76. The van der Waals surface area contributed by atoms with Crippen LogP contribution < -0.4 is 10.6 Å². The van der Waals surface area contributed by atoms with Gasteiger partial charge in [-0.1, -0.05) is 31.1 Å². The molecule has 0 amide bonds. The molecule has 0 atom stereocenters. The van der Waals surface area contributed by atoms with Crippen LogP contribution in [0.1, 0.15) is 43.4 Å². The number of thioether (sulfide) groups is 1. The Bertz CT molecular complexity index is 658. The molecule has 1 aromatic carbocycles. The minimum Gasteiger partial charge on any atom is -0.361 e. The maximum Gasteiger partial charge on any atom is 0.191 e. The number of aryl methyl sites for hydroxylation is 2. The van der Waals surface area contributed by atoms with E-state index in [2.05, 4.69) is 72.1 Å². The fraction of sp³-hybridized carbons (Fsp3) is 0.474. The monoisotopic (exact) mass is 360 g/mol. The maximum absolute atomic E-state index is 5.43. The molecule has 136 valence electrons. The van der Waals surface area contributed by atoms with Crippen molar-refractivity contribution in [1.29, 1.82) is 0 Å². The number of nitrogens with zero attached hydrogens (tertiary/aromatic N) is 2. The van der Waals surface area contributed by atoms with Crippen molar-refractivity contribution in [3.8, 4) is 0 Å². The Morgan fingerprint density at radius 2 is 1.88 bits per heavy atom. The van der Waals surface area contributed by atoms with Crippen molar-refractivity contribution in [1.82, 2.24) is 15.8 Å². The van der Waals surface area contributed by atoms with E-state index in [1.165, 1.54) is 10.5 Å². The molecule has 1 aromatic heterocycles. The van der Waals surface area contributed by atoms with Crippen LogP contribution in [-0.4, -0.2) is 23.9 Å². The third-order valence-electron chi connectivity index (χ3n) is 3.96. The van der Waals surface area contributed by atoms with Gasteiger partial charge in [0.2, 0.25) is 0 Å². The van der Waals surface area contributed by atoms with Gasteiger partial charge in [0, 0.05) is 30.0 Å². The van der Waals surface area contributed by atoms with Gasteiger partial charge >= 0.3 is 0 Å². The molecule has 25 heavy (non-hydrogen) atoms. The van der Waals surface area contributed by atoms with Crippen LogP contribution in [-0.2, 0) is 25.9 Å². The van der Waals surface area contributed by atoms with Gasteiger partial charge in [0.1, 0.15) is 5.76 Å². The lowest BCUT2D eigenvalue weighted by molar-refractivity contribution is 0.380. The van der Waals surface area contributed by atoms with Crippen molar-refractivity contribution in [2.75, 3.05) is 12.8 Å². The summed E-state index contributed by atoms with van der Waals surface area (Å²) in [5, 5.41) is 10.9. The highest BCUT2D eigenvalue weighted by Crippen LogP contribution is 2.16. The highest BCUT2D eigenvalue weighted by Gasteiger charge is 2.13. The van der Waals surface area contributed by atoms with E-state index in [1.807, 2.05) is 0 Å². The van der Waals surface area contributed by atoms with E-state index in [1.54, 1.807) is 11.8 Å². The van der Waals surface area contributed by atoms with Crippen molar-refractivity contribution >= 4 is 17.7 Å². The predicted molar refractivity (Wildman–Crippen MR) is 105 cm³/mol. The zero-order chi connectivity index (χ0) is 18.1. The van der Waals surface area contributed by atoms with Crippen LogP contribution in [0.3, 0.4) is 0 Å². The molecule has 2 aromatic rings. The summed E-state index contributed by atoms with van der Waals surface area (Å²) in [6.07, 6.45) is 3.80. The van der Waals surface area contributed by atoms with Crippen LogP contribution >= 0.6 is 11.8 Å². The zero-order valence-corrected chi connectivity index (χ0v) is 16.4. The molecule has 0 fully saturated rings. The van der Waals surface area contributed by atoms with Crippen molar-refractivity contribution in [3.05, 3.63) is 46.8 Å². The second kappa shape index (κ2) is 10.1. The normalized spacial score (nSPS) is 11.6. The fourth-order valence-electron chi connectivity index (χ4n) is 2.55. The first kappa shape index (κ1) is 19.4. The first-order valence-electron chi connectivity index (χ1n) is 8.83. The Balaban J connectivity index is 2.03. The van der Waals surface area contributed by atoms with Crippen LogP contribution in [0, 0.1) is 0 Å². The van der Waals surface area contributed by atoms with Gasteiger partial charge in [0.05, 0.1) is 12.2 Å². The lowest BCUT2D eigenvalue weighted by Gasteiger charge is -2.12. The Hall–Kier alpha value is -1.95. The van der Waals surface area contributed by atoms with E-state index < -0.39 is 0 Å². The van der Waals surface area contributed by atoms with Gasteiger partial charge in [-0.3, -0.25) is 0 Å². The van der Waals surface area contributed by atoms with Crippen molar-refractivity contribution in [2.24, 2.45) is 4.99 Å². The number of rotatable bonds is 8. The summed E-state index contributed by atoms with van der Waals surface area (Å²) in [5.41, 5.74) is 3.37. The summed E-state index contributed by atoms with van der Waals surface area (Å²) in [4.78, 5) is 5.95. The standard InChI is InChI=1S/C19H28N4OS/c1-5-17-16(18(6-2)24-23-17)13-22-19(20-7-3)21-12-14-8-10-15(25-4)11-9-14/h8-11H,5-7,12-13H2,1-4H3,(H2,20,21,22). The predicted octanol–water partition coefficient (Wildman–Crippen LogP) is 3.78. The molecule has 0 spiro atoms. The van der Waals surface area contributed by atoms with E-state index in [9.17, 15) is 0 Å². The second-order valence-corrected chi connectivity index (χ2v) is 6.51. The molecular weight excluding hydrogens is 332 g/mol. The Morgan fingerprint density at radius 3 is 2.48 bits per heavy atom. The van der Waals surface area contributed by atoms with Gasteiger partial charge in [-0.25, -0.2) is 4.99 Å². The van der Waals surface area contributed by atoms with Gasteiger partial charge in [0.15, 0.2) is 5.96 Å². The van der Waals surface area contributed by atoms with Crippen molar-refractivity contribution in [2.45, 2.75) is 51.6 Å². The number of aliphatic imine (C=N–C) groups is 1. The van der Waals surface area contributed by atoms with E-state index in [4.69, 9.17) is 4.52 Å². The van der Waals surface area contributed by atoms with Crippen molar-refractivity contribution in [3.63, 3.8) is 0 Å². The molecule has 0 radical (unpaired) electrons. The third kappa shape index (κ3) is 5.53. The molecule has 0 aliphatic carbocycles. The largest absolute Gasteiger partial charge is 0.361 e. The lowest BCUT2D eigenvalue weighted by Crippen LogP contribution is -2.37. The van der Waals surface area contributed by atoms with Crippen LogP contribution in [0.5, 0.6) is 0 Å². The molecule has 0 unspecified atom stereocenters. The second-order valence-electron chi connectivity index (χ2n) is 5.63. The summed E-state index contributed by atoms with van der Waals surface area (Å²) in [6, 6.07) is 8.52. The van der Waals surface area contributed by atoms with Crippen LogP contribution in [0.25, 0.3) is 0 Å². The quantitative estimate of drug-likeness (QED) is 0.426. The van der Waals surface area contributed by atoms with Gasteiger partial charge in [-0.2, -0.15) is 0 Å². The fourth-order valence-corrected chi connectivity index (χ4v) is 2.96. The van der Waals surface area contributed by atoms with Gasteiger partial charge in [-0.15, -0.1) is 11.8 Å². The van der Waals surface area contributed by atoms with E-state index in [0.29, 0.717) is 13.1 Å².